The first-order valence-electron chi connectivity index (χ1n) is 25.4. The predicted octanol–water partition coefficient (Wildman–Crippen LogP) is 4.85. The molecule has 1 aliphatic carbocycles. The van der Waals surface area contributed by atoms with Gasteiger partial charge >= 0.3 is 6.01 Å². The van der Waals surface area contributed by atoms with Gasteiger partial charge in [-0.3, -0.25) is 39.4 Å². The van der Waals surface area contributed by atoms with Crippen molar-refractivity contribution in [3.63, 3.8) is 0 Å². The van der Waals surface area contributed by atoms with Gasteiger partial charge in [-0.05, 0) is 104 Å². The normalized spacial score (nSPS) is 24.4. The Balaban J connectivity index is 0.666. The molecule has 6 aliphatic heterocycles. The van der Waals surface area contributed by atoms with Crippen molar-refractivity contribution < 1.29 is 38.1 Å². The number of nitrogens with one attached hydrogen (secondary N) is 1. The first kappa shape index (κ1) is 46.0. The van der Waals surface area contributed by atoms with E-state index in [2.05, 4.69) is 41.0 Å². The number of phenols is 1. The van der Waals surface area contributed by atoms with E-state index in [0.29, 0.717) is 90.7 Å². The molecule has 0 radical (unpaired) electrons. The Morgan fingerprint density at radius 1 is 0.887 bits per heavy atom. The van der Waals surface area contributed by atoms with E-state index in [4.69, 9.17) is 9.72 Å². The predicted molar refractivity (Wildman–Crippen MR) is 262 cm³/mol. The van der Waals surface area contributed by atoms with Gasteiger partial charge in [0.1, 0.15) is 34.6 Å². The topological polar surface area (TPSA) is 171 Å². The average Bonchev–Trinajstić information content (AvgIpc) is 4.02. The van der Waals surface area contributed by atoms with E-state index in [1.165, 1.54) is 24.4 Å². The lowest BCUT2D eigenvalue weighted by Gasteiger charge is -2.55. The Hall–Kier alpha value is -6.08. The summed E-state index contributed by atoms with van der Waals surface area (Å²) in [5.41, 5.74) is 2.27. The molecular weight excluding hydrogens is 911 g/mol. The van der Waals surface area contributed by atoms with Crippen LogP contribution < -0.4 is 19.9 Å². The van der Waals surface area contributed by atoms with Crippen molar-refractivity contribution in [3.05, 3.63) is 77.0 Å². The summed E-state index contributed by atoms with van der Waals surface area (Å²) in [6, 6.07) is 12.4. The molecule has 71 heavy (non-hydrogen) atoms. The largest absolute Gasteiger partial charge is 0.508 e. The number of carbonyl (C=O) groups excluding carboxylic acids is 3. The maximum atomic E-state index is 17.1. The van der Waals surface area contributed by atoms with Crippen LogP contribution in [0.3, 0.4) is 0 Å². The lowest BCUT2D eigenvalue weighted by atomic mass is 9.94. The maximum absolute atomic E-state index is 17.1. The zero-order chi connectivity index (χ0) is 48.9. The summed E-state index contributed by atoms with van der Waals surface area (Å²) in [5.74, 6) is -1.62. The van der Waals surface area contributed by atoms with Crippen LogP contribution in [0.15, 0.2) is 48.7 Å². The fourth-order valence-electron chi connectivity index (χ4n) is 12.2. The molecule has 2 aromatic heterocycles. The number of carbonyl (C=O) groups is 3. The average molecular weight is 971 g/mol. The third kappa shape index (κ3) is 8.49. The number of imide groups is 1. The highest BCUT2D eigenvalue weighted by Crippen LogP contribution is 2.48. The van der Waals surface area contributed by atoms with Gasteiger partial charge in [0.15, 0.2) is 5.82 Å². The van der Waals surface area contributed by atoms with Gasteiger partial charge in [0.25, 0.3) is 5.91 Å². The van der Waals surface area contributed by atoms with Crippen LogP contribution >= 0.6 is 0 Å². The number of aromatic nitrogens is 3. The molecule has 6 fully saturated rings. The van der Waals surface area contributed by atoms with Gasteiger partial charge in [-0.15, -0.1) is 0 Å². The van der Waals surface area contributed by atoms with Crippen molar-refractivity contribution in [2.45, 2.75) is 89.1 Å². The first-order valence-corrected chi connectivity index (χ1v) is 25.4. The number of ether oxygens (including phenoxy) is 1. The fourth-order valence-corrected chi connectivity index (χ4v) is 12.2. The smallest absolute Gasteiger partial charge is 0.319 e. The summed E-state index contributed by atoms with van der Waals surface area (Å²) >= 11 is 0. The maximum Gasteiger partial charge on any atom is 0.319 e. The molecule has 0 bridgehead atoms. The molecule has 0 unspecified atom stereocenters. The number of benzene rings is 3. The molecule has 3 aromatic carbocycles. The van der Waals surface area contributed by atoms with Gasteiger partial charge in [-0.2, -0.15) is 9.97 Å². The molecule has 2 atom stereocenters. The number of pyridine rings is 1. The van der Waals surface area contributed by atoms with Crippen LogP contribution in [0, 0.1) is 17.0 Å². The molecule has 3 amide bonds. The Kier molecular flexibility index (Phi) is 11.4. The summed E-state index contributed by atoms with van der Waals surface area (Å²) in [5, 5.41) is 25.6. The molecule has 8 heterocycles. The van der Waals surface area contributed by atoms with E-state index in [0.717, 1.165) is 89.4 Å². The number of anilines is 2. The molecule has 372 valence electrons. The molecular formula is C53H60F2N10O6. The number of rotatable bonds is 12. The Morgan fingerprint density at radius 2 is 1.68 bits per heavy atom. The third-order valence-electron chi connectivity index (χ3n) is 16.5. The minimum Gasteiger partial charge on any atom is -0.508 e. The molecule has 3 N–H and O–H groups in total. The molecule has 18 heteroatoms. The molecule has 5 saturated heterocycles. The van der Waals surface area contributed by atoms with Crippen molar-refractivity contribution in [1.82, 2.24) is 39.9 Å². The van der Waals surface area contributed by atoms with Crippen LogP contribution in [0.5, 0.6) is 11.8 Å². The second-order valence-corrected chi connectivity index (χ2v) is 21.5. The Morgan fingerprint density at radius 3 is 2.42 bits per heavy atom. The van der Waals surface area contributed by atoms with Gasteiger partial charge in [-0.25, -0.2) is 8.78 Å². The SMILES string of the molecule is CCc1c(F)ccc2cc(O)cc(-c3ncc4c(N5CCC[C@@](C)(O)C5)nc(OCC5(CN6CC(N7CC(N8CCN(c9ccc%10c(c9)CN([C@H]9CCC(=O)NC9=O)C%10=O)CC8)C7)C6)CC5)nc4c3F)c12. The minimum atomic E-state index is -0.966. The number of halogens is 2. The van der Waals surface area contributed by atoms with Gasteiger partial charge in [0.05, 0.1) is 17.6 Å². The lowest BCUT2D eigenvalue weighted by Crippen LogP contribution is -2.71. The number of phenolic OH excluding ortho intramolecular Hbond substituents is 1. The number of piperazine rings is 1. The Bertz CT molecular complexity index is 2990. The van der Waals surface area contributed by atoms with Crippen LogP contribution in [0.25, 0.3) is 32.9 Å². The number of fused-ring (bicyclic) bond motifs is 3. The minimum absolute atomic E-state index is 0.00994. The van der Waals surface area contributed by atoms with E-state index < -0.39 is 29.2 Å². The van der Waals surface area contributed by atoms with Crippen molar-refractivity contribution in [2.24, 2.45) is 5.41 Å². The summed E-state index contributed by atoms with van der Waals surface area (Å²) in [4.78, 5) is 65.2. The first-order chi connectivity index (χ1) is 34.2. The monoisotopic (exact) mass is 970 g/mol. The number of hydrogen-bond acceptors (Lipinski definition) is 14. The van der Waals surface area contributed by atoms with Crippen LogP contribution in [0.1, 0.15) is 73.9 Å². The summed E-state index contributed by atoms with van der Waals surface area (Å²) < 4.78 is 38.7. The highest BCUT2D eigenvalue weighted by molar-refractivity contribution is 6.06. The molecule has 5 aromatic rings. The fraction of sp³-hybridized carbons (Fsp3) is 0.509. The zero-order valence-electron chi connectivity index (χ0n) is 40.3. The number of nitrogens with zero attached hydrogens (tertiary/aromatic N) is 9. The zero-order valence-corrected chi connectivity index (χ0v) is 40.3. The number of aryl methyl sites for hydroxylation is 1. The van der Waals surface area contributed by atoms with Crippen LogP contribution in [-0.4, -0.2) is 165 Å². The van der Waals surface area contributed by atoms with E-state index in [9.17, 15) is 24.6 Å². The van der Waals surface area contributed by atoms with Crippen LogP contribution in [0.2, 0.25) is 0 Å². The number of likely N-dealkylation sites (tertiary alicyclic amines) is 2. The number of aromatic hydroxyl groups is 1. The molecule has 16 nitrogen and oxygen atoms in total. The number of amides is 3. The van der Waals surface area contributed by atoms with Gasteiger partial charge in [0, 0.05) is 125 Å². The molecule has 12 rings (SSSR count). The highest BCUT2D eigenvalue weighted by Gasteiger charge is 2.49. The quantitative estimate of drug-likeness (QED) is 0.145. The van der Waals surface area contributed by atoms with Gasteiger partial charge in [0.2, 0.25) is 11.8 Å². The molecule has 0 spiro atoms. The lowest BCUT2D eigenvalue weighted by molar-refractivity contribution is -0.136. The van der Waals surface area contributed by atoms with Crippen molar-refractivity contribution in [2.75, 3.05) is 88.4 Å². The number of piperidine rings is 2. The summed E-state index contributed by atoms with van der Waals surface area (Å²) in [6.07, 6.45) is 5.85. The number of hydrogen-bond donors (Lipinski definition) is 3. The number of aliphatic hydroxyl groups is 1. The highest BCUT2D eigenvalue weighted by atomic mass is 19.1. The summed E-state index contributed by atoms with van der Waals surface area (Å²) in [7, 11) is 0. The second-order valence-electron chi connectivity index (χ2n) is 21.5. The van der Waals surface area contributed by atoms with E-state index >= 15 is 8.78 Å². The van der Waals surface area contributed by atoms with Crippen LogP contribution in [0.4, 0.5) is 20.3 Å². The summed E-state index contributed by atoms with van der Waals surface area (Å²) in [6.45, 7) is 14.1. The van der Waals surface area contributed by atoms with Crippen molar-refractivity contribution in [1.29, 1.82) is 0 Å². The van der Waals surface area contributed by atoms with Gasteiger partial charge in [-0.1, -0.05) is 13.0 Å². The van der Waals surface area contributed by atoms with E-state index in [1.807, 2.05) is 24.0 Å². The van der Waals surface area contributed by atoms with Crippen molar-refractivity contribution in [3.8, 4) is 23.0 Å². The van der Waals surface area contributed by atoms with E-state index in [1.54, 1.807) is 17.9 Å². The van der Waals surface area contributed by atoms with E-state index in [-0.39, 0.29) is 52.2 Å². The van der Waals surface area contributed by atoms with Crippen LogP contribution in [-0.2, 0) is 22.6 Å². The second kappa shape index (κ2) is 17.6. The standard InChI is InChI=1S/C53H60F2N10O6/c1-3-37-41(54)8-5-31-20-36(66)21-39(44(31)37)46-45(55)47-40(22-56-46)48(63-14-4-11-52(2,70)28-63)59-51(58-47)71-30-53(12-13-53)29-60-24-34(25-60)64-26-35(27-64)62-17-15-61(16-18-62)33-6-7-38-32(19-33)23-65(50(38)69)42-9-10-43(67)57-49(42)68/h5-8,19-22,34-35,42,66,70H,3-4,9-18,23-30H2,1-2H3,(H,57,67,68)/t42-,52+/m0/s1. The molecule has 1 saturated carbocycles. The Labute approximate surface area is 410 Å². The van der Waals surface area contributed by atoms with Gasteiger partial charge < -0.3 is 29.6 Å². The molecule has 7 aliphatic rings. The van der Waals surface area contributed by atoms with Crippen molar-refractivity contribution >= 4 is 50.9 Å². The third-order valence-corrected chi connectivity index (χ3v) is 16.5. The number of β-amino-alcohol motifs (C(OH)–C–C–N with tert-alkyl or cyclic N) is 1.